The Bertz CT molecular complexity index is 853. The van der Waals surface area contributed by atoms with E-state index in [0.717, 1.165) is 12.1 Å². The summed E-state index contributed by atoms with van der Waals surface area (Å²) in [6.07, 6.45) is -3.54. The van der Waals surface area contributed by atoms with Gasteiger partial charge in [0.1, 0.15) is 23.1 Å². The van der Waals surface area contributed by atoms with E-state index < -0.39 is 18.0 Å². The molecule has 0 aliphatic carbocycles. The number of amides is 1. The number of methoxy groups -OCH3 is 1. The van der Waals surface area contributed by atoms with Gasteiger partial charge in [-0.05, 0) is 35.9 Å². The monoisotopic (exact) mass is 362 g/mol. The zero-order valence-electron chi connectivity index (χ0n) is 13.5. The van der Waals surface area contributed by atoms with Crippen molar-refractivity contribution in [2.24, 2.45) is 0 Å². The second-order valence-electron chi connectivity index (χ2n) is 4.94. The Hall–Kier alpha value is -3.47. The van der Waals surface area contributed by atoms with Gasteiger partial charge in [0.2, 0.25) is 0 Å². The van der Waals surface area contributed by atoms with Crippen molar-refractivity contribution in [2.75, 3.05) is 12.4 Å². The number of alkyl halides is 3. The van der Waals surface area contributed by atoms with Gasteiger partial charge in [0.25, 0.3) is 5.91 Å². The number of hydrogen-bond donors (Lipinski definition) is 1. The molecule has 0 heterocycles. The lowest BCUT2D eigenvalue weighted by Gasteiger charge is -2.09. The first-order valence-corrected chi connectivity index (χ1v) is 7.24. The molecule has 0 fully saturated rings. The van der Waals surface area contributed by atoms with Gasteiger partial charge in [0.15, 0.2) is 0 Å². The quantitative estimate of drug-likeness (QED) is 0.641. The van der Waals surface area contributed by atoms with Crippen LogP contribution in [-0.4, -0.2) is 19.4 Å². The molecule has 0 bridgehead atoms. The highest BCUT2D eigenvalue weighted by Gasteiger charge is 2.30. The molecule has 26 heavy (non-hydrogen) atoms. The van der Waals surface area contributed by atoms with Crippen molar-refractivity contribution in [1.82, 2.24) is 0 Å². The average molecular weight is 362 g/mol. The first-order chi connectivity index (χ1) is 12.3. The molecular weight excluding hydrogens is 349 g/mol. The fourth-order valence-electron chi connectivity index (χ4n) is 2.02. The second kappa shape index (κ2) is 8.07. The minimum Gasteiger partial charge on any atom is -0.495 e. The average Bonchev–Trinajstić information content (AvgIpc) is 2.60. The van der Waals surface area contributed by atoms with Crippen LogP contribution in [0.5, 0.6) is 11.5 Å². The van der Waals surface area contributed by atoms with E-state index in [2.05, 4.69) is 10.1 Å². The van der Waals surface area contributed by atoms with Crippen molar-refractivity contribution in [2.45, 2.75) is 6.36 Å². The summed E-state index contributed by atoms with van der Waals surface area (Å²) in [5.74, 6) is -0.647. The van der Waals surface area contributed by atoms with Gasteiger partial charge < -0.3 is 14.8 Å². The molecule has 0 saturated carbocycles. The summed E-state index contributed by atoms with van der Waals surface area (Å²) in [6.45, 7) is 0. The van der Waals surface area contributed by atoms with Gasteiger partial charge in [-0.3, -0.25) is 4.79 Å². The minimum atomic E-state index is -4.79. The standard InChI is InChI=1S/C18H13F3N2O3/c1-25-16-5-3-2-4-15(16)23-17(24)13(11-22)10-12-6-8-14(9-7-12)26-18(19,20)21/h2-10H,1H3,(H,23,24)/b13-10+. The highest BCUT2D eigenvalue weighted by Crippen LogP contribution is 2.25. The number of anilines is 1. The van der Waals surface area contributed by atoms with Crippen molar-refractivity contribution in [1.29, 1.82) is 5.26 Å². The Balaban J connectivity index is 2.16. The number of nitrogens with zero attached hydrogens (tertiary/aromatic N) is 1. The number of rotatable bonds is 5. The zero-order chi connectivity index (χ0) is 19.2. The SMILES string of the molecule is COc1ccccc1NC(=O)/C(C#N)=C/c1ccc(OC(F)(F)F)cc1. The molecule has 5 nitrogen and oxygen atoms in total. The fraction of sp³-hybridized carbons (Fsp3) is 0.111. The van der Waals surface area contributed by atoms with Gasteiger partial charge in [-0.25, -0.2) is 0 Å². The number of benzene rings is 2. The predicted octanol–water partition coefficient (Wildman–Crippen LogP) is 4.14. The molecule has 0 saturated heterocycles. The normalized spacial score (nSPS) is 11.4. The van der Waals surface area contributed by atoms with Gasteiger partial charge in [-0.15, -0.1) is 13.2 Å². The molecule has 0 aromatic heterocycles. The lowest BCUT2D eigenvalue weighted by Crippen LogP contribution is -2.17. The second-order valence-corrected chi connectivity index (χ2v) is 4.94. The number of ether oxygens (including phenoxy) is 2. The van der Waals surface area contributed by atoms with Crippen LogP contribution in [0.1, 0.15) is 5.56 Å². The summed E-state index contributed by atoms with van der Waals surface area (Å²) >= 11 is 0. The van der Waals surface area contributed by atoms with Crippen molar-refractivity contribution in [3.8, 4) is 17.6 Å². The maximum Gasteiger partial charge on any atom is 0.573 e. The molecule has 0 aliphatic rings. The number of carbonyl (C=O) groups is 1. The molecule has 8 heteroatoms. The van der Waals surface area contributed by atoms with Crippen LogP contribution in [0.3, 0.4) is 0 Å². The number of nitrogens with one attached hydrogen (secondary N) is 1. The molecule has 134 valence electrons. The molecule has 0 aliphatic heterocycles. The van der Waals surface area contributed by atoms with Crippen LogP contribution in [0.4, 0.5) is 18.9 Å². The maximum atomic E-state index is 12.2. The molecular formula is C18H13F3N2O3. The third-order valence-electron chi connectivity index (χ3n) is 3.14. The largest absolute Gasteiger partial charge is 0.573 e. The summed E-state index contributed by atoms with van der Waals surface area (Å²) < 4.78 is 45.3. The Morgan fingerprint density at radius 1 is 1.15 bits per heavy atom. The number of nitriles is 1. The first-order valence-electron chi connectivity index (χ1n) is 7.24. The molecule has 0 spiro atoms. The van der Waals surface area contributed by atoms with Crippen LogP contribution in [-0.2, 0) is 4.79 Å². The minimum absolute atomic E-state index is 0.222. The Kier molecular flexibility index (Phi) is 5.86. The highest BCUT2D eigenvalue weighted by molar-refractivity contribution is 6.10. The van der Waals surface area contributed by atoms with Crippen molar-refractivity contribution in [3.63, 3.8) is 0 Å². The van der Waals surface area contributed by atoms with Crippen LogP contribution >= 0.6 is 0 Å². The molecule has 1 amide bonds. The van der Waals surface area contributed by atoms with E-state index in [1.165, 1.54) is 25.3 Å². The topological polar surface area (TPSA) is 71.3 Å². The Morgan fingerprint density at radius 3 is 2.38 bits per heavy atom. The number of halogens is 3. The van der Waals surface area contributed by atoms with E-state index in [0.29, 0.717) is 17.0 Å². The molecule has 1 N–H and O–H groups in total. The van der Waals surface area contributed by atoms with E-state index in [9.17, 15) is 23.2 Å². The molecule has 0 radical (unpaired) electrons. The number of para-hydroxylation sites is 2. The fourth-order valence-corrected chi connectivity index (χ4v) is 2.02. The van der Waals surface area contributed by atoms with E-state index in [4.69, 9.17) is 4.74 Å². The Morgan fingerprint density at radius 2 is 1.81 bits per heavy atom. The van der Waals surface area contributed by atoms with Crippen LogP contribution in [0.15, 0.2) is 54.1 Å². The first kappa shape index (κ1) is 18.9. The molecule has 0 atom stereocenters. The van der Waals surface area contributed by atoms with Gasteiger partial charge in [-0.1, -0.05) is 24.3 Å². The third kappa shape index (κ3) is 5.27. The summed E-state index contributed by atoms with van der Waals surface area (Å²) in [5.41, 5.74) is 0.529. The molecule has 2 rings (SSSR count). The van der Waals surface area contributed by atoms with Gasteiger partial charge in [0, 0.05) is 0 Å². The number of carbonyl (C=O) groups excluding carboxylic acids is 1. The van der Waals surface area contributed by atoms with Crippen molar-refractivity contribution < 1.29 is 27.4 Å². The summed E-state index contributed by atoms with van der Waals surface area (Å²) in [5, 5.41) is 11.7. The van der Waals surface area contributed by atoms with Gasteiger partial charge >= 0.3 is 6.36 Å². The van der Waals surface area contributed by atoms with Gasteiger partial charge in [-0.2, -0.15) is 5.26 Å². The lowest BCUT2D eigenvalue weighted by atomic mass is 10.1. The zero-order valence-corrected chi connectivity index (χ0v) is 13.5. The van der Waals surface area contributed by atoms with E-state index in [1.807, 2.05) is 0 Å². The van der Waals surface area contributed by atoms with Crippen LogP contribution < -0.4 is 14.8 Å². The predicted molar refractivity (Wildman–Crippen MR) is 88.3 cm³/mol. The van der Waals surface area contributed by atoms with Crippen molar-refractivity contribution >= 4 is 17.7 Å². The van der Waals surface area contributed by atoms with E-state index >= 15 is 0 Å². The van der Waals surface area contributed by atoms with Gasteiger partial charge in [0.05, 0.1) is 12.8 Å². The van der Waals surface area contributed by atoms with E-state index in [-0.39, 0.29) is 5.57 Å². The Labute approximate surface area is 147 Å². The summed E-state index contributed by atoms with van der Waals surface area (Å²) in [4.78, 5) is 12.2. The maximum absolute atomic E-state index is 12.2. The summed E-state index contributed by atoms with van der Waals surface area (Å²) in [7, 11) is 1.44. The molecule has 0 unspecified atom stereocenters. The smallest absolute Gasteiger partial charge is 0.495 e. The molecule has 2 aromatic carbocycles. The highest BCUT2D eigenvalue weighted by atomic mass is 19.4. The van der Waals surface area contributed by atoms with E-state index in [1.54, 1.807) is 30.3 Å². The molecule has 2 aromatic rings. The summed E-state index contributed by atoms with van der Waals surface area (Å²) in [6, 6.07) is 13.2. The lowest BCUT2D eigenvalue weighted by molar-refractivity contribution is -0.274. The number of hydrogen-bond acceptors (Lipinski definition) is 4. The van der Waals surface area contributed by atoms with Crippen molar-refractivity contribution in [3.05, 3.63) is 59.7 Å². The van der Waals surface area contributed by atoms with Crippen LogP contribution in [0, 0.1) is 11.3 Å². The van der Waals surface area contributed by atoms with Crippen LogP contribution in [0.2, 0.25) is 0 Å². The third-order valence-corrected chi connectivity index (χ3v) is 3.14. The van der Waals surface area contributed by atoms with Crippen LogP contribution in [0.25, 0.3) is 6.08 Å².